The van der Waals surface area contributed by atoms with Crippen molar-refractivity contribution < 1.29 is 14.5 Å². The van der Waals surface area contributed by atoms with Crippen LogP contribution in [-0.4, -0.2) is 47.4 Å². The summed E-state index contributed by atoms with van der Waals surface area (Å²) in [4.78, 5) is 32.6. The van der Waals surface area contributed by atoms with Gasteiger partial charge >= 0.3 is 11.8 Å². The number of hydrogen-bond acceptors (Lipinski definition) is 9. The average Bonchev–Trinajstić information content (AvgIpc) is 3.50. The van der Waals surface area contributed by atoms with Crippen LogP contribution in [-0.2, 0) is 11.3 Å². The molecule has 0 bridgehead atoms. The van der Waals surface area contributed by atoms with E-state index in [1.165, 1.54) is 29.2 Å². The van der Waals surface area contributed by atoms with Crippen LogP contribution >= 0.6 is 11.3 Å². The molecule has 12 heteroatoms. The van der Waals surface area contributed by atoms with Gasteiger partial charge < -0.3 is 14.9 Å². The van der Waals surface area contributed by atoms with Gasteiger partial charge in [0.25, 0.3) is 0 Å². The molecule has 0 N–H and O–H groups in total. The molecule has 0 unspecified atom stereocenters. The number of carbonyl (C=O) groups is 1. The predicted molar refractivity (Wildman–Crippen MR) is 116 cm³/mol. The lowest BCUT2D eigenvalue weighted by molar-refractivity contribution is -0.389. The third-order valence-corrected chi connectivity index (χ3v) is 6.19. The number of nitro groups is 1. The first-order chi connectivity index (χ1) is 15.4. The van der Waals surface area contributed by atoms with E-state index in [2.05, 4.69) is 20.2 Å². The van der Waals surface area contributed by atoms with Crippen molar-refractivity contribution in [3.05, 3.63) is 69.0 Å². The normalized spacial score (nSPS) is 11.3. The van der Waals surface area contributed by atoms with E-state index in [0.717, 1.165) is 22.1 Å². The highest BCUT2D eigenvalue weighted by atomic mass is 32.1. The first kappa shape index (κ1) is 19.8. The fourth-order valence-corrected chi connectivity index (χ4v) is 4.49. The Balaban J connectivity index is 1.47. The predicted octanol–water partition coefficient (Wildman–Crippen LogP) is 3.25. The minimum Gasteiger partial charge on any atom is -0.465 e. The second-order valence-corrected chi connectivity index (χ2v) is 8.00. The van der Waals surface area contributed by atoms with Crippen LogP contribution in [0.4, 0.5) is 5.82 Å². The fourth-order valence-electron chi connectivity index (χ4n) is 3.43. The lowest BCUT2D eigenvalue weighted by atomic mass is 10.1. The summed E-state index contributed by atoms with van der Waals surface area (Å²) in [5, 5.41) is 20.0. The lowest BCUT2D eigenvalue weighted by Crippen LogP contribution is -2.01. The zero-order chi connectivity index (χ0) is 22.4. The molecule has 4 heterocycles. The Labute approximate surface area is 184 Å². The summed E-state index contributed by atoms with van der Waals surface area (Å²) in [7, 11) is 1.35. The number of rotatable bonds is 5. The third-order valence-electron chi connectivity index (χ3n) is 5.01. The molecule has 0 spiro atoms. The molecule has 0 fully saturated rings. The Morgan fingerprint density at radius 2 is 2.00 bits per heavy atom. The van der Waals surface area contributed by atoms with E-state index in [0.29, 0.717) is 27.7 Å². The minimum atomic E-state index is -0.524. The molecule has 0 saturated heterocycles. The Bertz CT molecular complexity index is 1500. The number of carbonyl (C=O) groups excluding carboxylic acids is 1. The van der Waals surface area contributed by atoms with Gasteiger partial charge in [0.05, 0.1) is 36.4 Å². The van der Waals surface area contributed by atoms with Crippen molar-refractivity contribution in [1.29, 1.82) is 0 Å². The first-order valence-electron chi connectivity index (χ1n) is 9.44. The summed E-state index contributed by atoms with van der Waals surface area (Å²) in [5.74, 6) is -0.0678. The maximum Gasteiger partial charge on any atom is 0.389 e. The summed E-state index contributed by atoms with van der Waals surface area (Å²) in [6, 6.07) is 8.92. The van der Waals surface area contributed by atoms with Crippen molar-refractivity contribution in [1.82, 2.24) is 29.4 Å². The molecule has 0 atom stereocenters. The largest absolute Gasteiger partial charge is 0.465 e. The van der Waals surface area contributed by atoms with Gasteiger partial charge in [0, 0.05) is 5.56 Å². The van der Waals surface area contributed by atoms with E-state index < -0.39 is 10.9 Å². The highest BCUT2D eigenvalue weighted by Gasteiger charge is 2.21. The van der Waals surface area contributed by atoms with Crippen LogP contribution in [0.5, 0.6) is 0 Å². The van der Waals surface area contributed by atoms with Crippen molar-refractivity contribution in [2.75, 3.05) is 7.11 Å². The van der Waals surface area contributed by atoms with Crippen molar-refractivity contribution in [2.45, 2.75) is 13.5 Å². The van der Waals surface area contributed by atoms with Gasteiger partial charge in [-0.05, 0) is 23.0 Å². The Morgan fingerprint density at radius 3 is 2.69 bits per heavy atom. The van der Waals surface area contributed by atoms with Gasteiger partial charge in [0.1, 0.15) is 16.0 Å². The Kier molecular flexibility index (Phi) is 4.63. The van der Waals surface area contributed by atoms with Gasteiger partial charge in [0.15, 0.2) is 11.5 Å². The van der Waals surface area contributed by atoms with E-state index in [4.69, 9.17) is 4.74 Å². The number of methoxy groups -OCH3 is 1. The van der Waals surface area contributed by atoms with Crippen LogP contribution in [0.15, 0.2) is 42.9 Å². The van der Waals surface area contributed by atoms with E-state index in [1.54, 1.807) is 17.0 Å². The molecule has 0 aliphatic rings. The molecule has 0 radical (unpaired) electrons. The molecule has 0 amide bonds. The molecule has 5 rings (SSSR count). The molecule has 5 aromatic rings. The van der Waals surface area contributed by atoms with Crippen LogP contribution in [0.1, 0.15) is 20.8 Å². The number of fused-ring (bicyclic) bond motifs is 3. The number of hydrogen-bond donors (Lipinski definition) is 0. The third kappa shape index (κ3) is 3.26. The Morgan fingerprint density at radius 1 is 1.22 bits per heavy atom. The highest BCUT2D eigenvalue weighted by Crippen LogP contribution is 2.32. The van der Waals surface area contributed by atoms with Gasteiger partial charge in [-0.2, -0.15) is 4.68 Å². The molecular formula is C20H15N7O4S. The van der Waals surface area contributed by atoms with E-state index in [9.17, 15) is 14.9 Å². The van der Waals surface area contributed by atoms with Crippen LogP contribution in [0.2, 0.25) is 0 Å². The SMILES string of the molecule is COC(=O)c1sc2ncn3nc(-c4ccc(Cn5ccc([N+](=O)[O-])n5)cc4)nc3c2c1C. The monoisotopic (exact) mass is 449 g/mol. The number of ether oxygens (including phenoxy) is 1. The van der Waals surface area contributed by atoms with Gasteiger partial charge in [-0.15, -0.1) is 16.4 Å². The molecule has 0 aliphatic carbocycles. The van der Waals surface area contributed by atoms with Crippen LogP contribution < -0.4 is 0 Å². The zero-order valence-corrected chi connectivity index (χ0v) is 17.7. The maximum atomic E-state index is 12.0. The topological polar surface area (TPSA) is 130 Å². The molecule has 0 aliphatic heterocycles. The number of esters is 1. The zero-order valence-electron chi connectivity index (χ0n) is 16.9. The summed E-state index contributed by atoms with van der Waals surface area (Å²) in [5.41, 5.74) is 3.11. The van der Waals surface area contributed by atoms with Crippen molar-refractivity contribution in [2.24, 2.45) is 0 Å². The second-order valence-electron chi connectivity index (χ2n) is 7.00. The lowest BCUT2D eigenvalue weighted by Gasteiger charge is -2.00. The number of thiophene rings is 1. The molecule has 4 aromatic heterocycles. The number of nitrogens with zero attached hydrogens (tertiary/aromatic N) is 7. The van der Waals surface area contributed by atoms with Gasteiger partial charge in [0.2, 0.25) is 0 Å². The number of aromatic nitrogens is 6. The van der Waals surface area contributed by atoms with Crippen molar-refractivity contribution >= 4 is 39.0 Å². The van der Waals surface area contributed by atoms with E-state index >= 15 is 0 Å². The van der Waals surface area contributed by atoms with Gasteiger partial charge in [-0.1, -0.05) is 24.3 Å². The van der Waals surface area contributed by atoms with Crippen LogP contribution in [0, 0.1) is 17.0 Å². The molecule has 1 aromatic carbocycles. The summed E-state index contributed by atoms with van der Waals surface area (Å²) in [6.07, 6.45) is 3.14. The smallest absolute Gasteiger partial charge is 0.389 e. The van der Waals surface area contributed by atoms with E-state index in [1.807, 2.05) is 31.2 Å². The van der Waals surface area contributed by atoms with E-state index in [-0.39, 0.29) is 5.82 Å². The molecule has 32 heavy (non-hydrogen) atoms. The quantitative estimate of drug-likeness (QED) is 0.227. The molecule has 160 valence electrons. The standard InChI is InChI=1S/C20H15N7O4S/c1-11-15-18-22-17(24-26(18)10-21-19(15)32-16(11)20(28)31-2)13-5-3-12(4-6-13)9-25-8-7-14(23-25)27(29)30/h3-8,10H,9H2,1-2H3. The van der Waals surface area contributed by atoms with Crippen molar-refractivity contribution in [3.63, 3.8) is 0 Å². The number of benzene rings is 1. The second kappa shape index (κ2) is 7.50. The molecule has 0 saturated carbocycles. The van der Waals surface area contributed by atoms with Crippen LogP contribution in [0.3, 0.4) is 0 Å². The van der Waals surface area contributed by atoms with Crippen LogP contribution in [0.25, 0.3) is 27.3 Å². The van der Waals surface area contributed by atoms with Crippen molar-refractivity contribution in [3.8, 4) is 11.4 Å². The molecular weight excluding hydrogens is 434 g/mol. The Hall–Kier alpha value is -4.19. The maximum absolute atomic E-state index is 12.0. The first-order valence-corrected chi connectivity index (χ1v) is 10.3. The highest BCUT2D eigenvalue weighted by molar-refractivity contribution is 7.20. The number of aryl methyl sites for hydroxylation is 1. The molecule has 11 nitrogen and oxygen atoms in total. The summed E-state index contributed by atoms with van der Waals surface area (Å²) >= 11 is 1.27. The fraction of sp³-hybridized carbons (Fsp3) is 0.150. The average molecular weight is 449 g/mol. The van der Waals surface area contributed by atoms with Gasteiger partial charge in [-0.25, -0.2) is 19.3 Å². The van der Waals surface area contributed by atoms with Gasteiger partial charge in [-0.3, -0.25) is 0 Å². The summed E-state index contributed by atoms with van der Waals surface area (Å²) < 4.78 is 7.96. The minimum absolute atomic E-state index is 0.186. The summed E-state index contributed by atoms with van der Waals surface area (Å²) in [6.45, 7) is 2.25.